The van der Waals surface area contributed by atoms with Gasteiger partial charge in [0.1, 0.15) is 5.82 Å². The van der Waals surface area contributed by atoms with Crippen molar-refractivity contribution in [2.45, 2.75) is 26.8 Å². The first-order chi connectivity index (χ1) is 14.4. The maximum absolute atomic E-state index is 12.6. The predicted octanol–water partition coefficient (Wildman–Crippen LogP) is 5.06. The summed E-state index contributed by atoms with van der Waals surface area (Å²) < 4.78 is 0. The van der Waals surface area contributed by atoms with Crippen molar-refractivity contribution in [3.8, 4) is 0 Å². The molecule has 3 heterocycles. The van der Waals surface area contributed by atoms with Crippen LogP contribution < -0.4 is 11.1 Å². The Labute approximate surface area is 183 Å². The molecule has 4 rings (SSSR count). The smallest absolute Gasteiger partial charge is 0.261 e. The number of pyridine rings is 2. The first-order valence-electron chi connectivity index (χ1n) is 9.53. The van der Waals surface area contributed by atoms with Crippen LogP contribution in [0, 0.1) is 13.8 Å². The topological polar surface area (TPSA) is 80.9 Å². The zero-order valence-corrected chi connectivity index (χ0v) is 18.3. The van der Waals surface area contributed by atoms with Crippen molar-refractivity contribution in [2.24, 2.45) is 0 Å². The molecule has 0 saturated carbocycles. The van der Waals surface area contributed by atoms with Crippen molar-refractivity contribution in [1.29, 1.82) is 0 Å². The van der Waals surface area contributed by atoms with Gasteiger partial charge in [-0.05, 0) is 66.9 Å². The maximum Gasteiger partial charge on any atom is 0.261 e. The van der Waals surface area contributed by atoms with Gasteiger partial charge in [0.05, 0.1) is 15.4 Å². The highest BCUT2D eigenvalue weighted by Crippen LogP contribution is 2.24. The molecule has 0 aliphatic heterocycles. The maximum atomic E-state index is 12.6. The number of carbonyl (C=O) groups is 1. The molecule has 0 bridgehead atoms. The third-order valence-corrected chi connectivity index (χ3v) is 6.27. The average Bonchev–Trinajstić information content (AvgIpc) is 3.15. The number of amides is 1. The van der Waals surface area contributed by atoms with E-state index in [0.29, 0.717) is 22.3 Å². The molecule has 0 aliphatic carbocycles. The van der Waals surface area contributed by atoms with Crippen LogP contribution in [0.15, 0.2) is 48.7 Å². The van der Waals surface area contributed by atoms with Gasteiger partial charge in [0.25, 0.3) is 5.91 Å². The minimum atomic E-state index is -0.0867. The highest BCUT2D eigenvalue weighted by Gasteiger charge is 2.12. The lowest BCUT2D eigenvalue weighted by atomic mass is 10.1. The first-order valence-corrected chi connectivity index (χ1v) is 10.7. The van der Waals surface area contributed by atoms with Crippen molar-refractivity contribution >= 4 is 45.6 Å². The number of nitrogen functional groups attached to an aromatic ring is 1. The van der Waals surface area contributed by atoms with E-state index in [1.54, 1.807) is 6.20 Å². The number of rotatable bonds is 5. The minimum absolute atomic E-state index is 0.0867. The molecule has 0 spiro atoms. The summed E-state index contributed by atoms with van der Waals surface area (Å²) in [6.07, 6.45) is 2.40. The van der Waals surface area contributed by atoms with Crippen molar-refractivity contribution in [3.05, 3.63) is 85.8 Å². The lowest BCUT2D eigenvalue weighted by molar-refractivity contribution is 0.0955. The summed E-state index contributed by atoms with van der Waals surface area (Å²) in [5, 5.41) is 4.62. The Kier molecular flexibility index (Phi) is 5.70. The third-order valence-electron chi connectivity index (χ3n) is 4.98. The SMILES string of the molecule is Cc1cc(N)nc(C)c1CNC(=O)c1ccc(Cc2ccc3ncc(Cl)cc3c2)s1. The van der Waals surface area contributed by atoms with Crippen LogP contribution in [-0.2, 0) is 13.0 Å². The van der Waals surface area contributed by atoms with E-state index in [0.717, 1.165) is 44.6 Å². The molecule has 0 aliphatic rings. The van der Waals surface area contributed by atoms with Gasteiger partial charge in [-0.15, -0.1) is 11.3 Å². The van der Waals surface area contributed by atoms with Crippen LogP contribution in [0.1, 0.15) is 36.9 Å². The van der Waals surface area contributed by atoms with Crippen LogP contribution >= 0.6 is 22.9 Å². The van der Waals surface area contributed by atoms with E-state index in [2.05, 4.69) is 27.4 Å². The van der Waals surface area contributed by atoms with Crippen molar-refractivity contribution in [2.75, 3.05) is 5.73 Å². The number of hydrogen-bond donors (Lipinski definition) is 2. The van der Waals surface area contributed by atoms with Gasteiger partial charge in [-0.2, -0.15) is 0 Å². The minimum Gasteiger partial charge on any atom is -0.384 e. The summed E-state index contributed by atoms with van der Waals surface area (Å²) in [5.41, 5.74) is 10.7. The van der Waals surface area contributed by atoms with E-state index in [-0.39, 0.29) is 5.91 Å². The number of anilines is 1. The molecule has 5 nitrogen and oxygen atoms in total. The number of aryl methyl sites for hydroxylation is 2. The van der Waals surface area contributed by atoms with Gasteiger partial charge >= 0.3 is 0 Å². The number of nitrogens with one attached hydrogen (secondary N) is 1. The van der Waals surface area contributed by atoms with E-state index >= 15 is 0 Å². The van der Waals surface area contributed by atoms with Gasteiger partial charge < -0.3 is 11.1 Å². The van der Waals surface area contributed by atoms with Gasteiger partial charge in [0.15, 0.2) is 0 Å². The molecular weight excluding hydrogens is 416 g/mol. The van der Waals surface area contributed by atoms with E-state index in [1.807, 2.05) is 44.2 Å². The largest absolute Gasteiger partial charge is 0.384 e. The highest BCUT2D eigenvalue weighted by atomic mass is 35.5. The summed E-state index contributed by atoms with van der Waals surface area (Å²) >= 11 is 7.56. The van der Waals surface area contributed by atoms with Crippen molar-refractivity contribution in [3.63, 3.8) is 0 Å². The highest BCUT2D eigenvalue weighted by molar-refractivity contribution is 7.14. The van der Waals surface area contributed by atoms with Gasteiger partial charge in [0, 0.05) is 35.1 Å². The Hall–Kier alpha value is -2.96. The Morgan fingerprint density at radius 2 is 2.00 bits per heavy atom. The monoisotopic (exact) mass is 436 g/mol. The fourth-order valence-electron chi connectivity index (χ4n) is 3.47. The molecule has 3 N–H and O–H groups in total. The molecule has 152 valence electrons. The standard InChI is InChI=1S/C23H21ClN4OS/c1-13-7-22(25)28-14(2)19(13)12-27-23(29)21-6-4-18(30-21)9-15-3-5-20-16(8-15)10-17(24)11-26-20/h3-8,10-11H,9,12H2,1-2H3,(H2,25,28)(H,27,29). The van der Waals surface area contributed by atoms with Crippen LogP contribution in [0.4, 0.5) is 5.82 Å². The fraction of sp³-hybridized carbons (Fsp3) is 0.174. The molecule has 0 atom stereocenters. The lowest BCUT2D eigenvalue weighted by Crippen LogP contribution is -2.23. The predicted molar refractivity (Wildman–Crippen MR) is 123 cm³/mol. The van der Waals surface area contributed by atoms with E-state index < -0.39 is 0 Å². The second-order valence-electron chi connectivity index (χ2n) is 7.23. The molecule has 0 unspecified atom stereocenters. The molecule has 3 aromatic heterocycles. The number of nitrogens with zero attached hydrogens (tertiary/aromatic N) is 2. The first kappa shape index (κ1) is 20.3. The zero-order chi connectivity index (χ0) is 21.3. The molecule has 30 heavy (non-hydrogen) atoms. The molecule has 0 radical (unpaired) electrons. The lowest BCUT2D eigenvalue weighted by Gasteiger charge is -2.11. The number of carbonyl (C=O) groups excluding carboxylic acids is 1. The second-order valence-corrected chi connectivity index (χ2v) is 8.84. The number of thiophene rings is 1. The summed E-state index contributed by atoms with van der Waals surface area (Å²) in [6, 6.07) is 13.8. The Bertz CT molecular complexity index is 1230. The van der Waals surface area contributed by atoms with Crippen LogP contribution in [0.3, 0.4) is 0 Å². The number of benzene rings is 1. The van der Waals surface area contributed by atoms with Gasteiger partial charge in [-0.1, -0.05) is 17.7 Å². The molecule has 7 heteroatoms. The molecule has 0 saturated heterocycles. The Morgan fingerprint density at radius 3 is 2.80 bits per heavy atom. The van der Waals surface area contributed by atoms with Gasteiger partial charge in [0.2, 0.25) is 0 Å². The molecule has 1 aromatic carbocycles. The van der Waals surface area contributed by atoms with Crippen LogP contribution in [0.25, 0.3) is 10.9 Å². The normalized spacial score (nSPS) is 11.0. The number of halogens is 1. The van der Waals surface area contributed by atoms with Gasteiger partial charge in [-0.3, -0.25) is 9.78 Å². The van der Waals surface area contributed by atoms with Crippen LogP contribution in [-0.4, -0.2) is 15.9 Å². The third kappa shape index (κ3) is 4.45. The van der Waals surface area contributed by atoms with Crippen molar-refractivity contribution < 1.29 is 4.79 Å². The summed E-state index contributed by atoms with van der Waals surface area (Å²) in [7, 11) is 0. The Morgan fingerprint density at radius 1 is 1.17 bits per heavy atom. The summed E-state index contributed by atoms with van der Waals surface area (Å²) in [4.78, 5) is 23.0. The summed E-state index contributed by atoms with van der Waals surface area (Å²) in [5.74, 6) is 0.408. The van der Waals surface area contributed by atoms with Crippen LogP contribution in [0.5, 0.6) is 0 Å². The molecule has 0 fully saturated rings. The number of nitrogens with two attached hydrogens (primary N) is 1. The zero-order valence-electron chi connectivity index (χ0n) is 16.7. The molecule has 1 amide bonds. The summed E-state index contributed by atoms with van der Waals surface area (Å²) in [6.45, 7) is 4.30. The second kappa shape index (κ2) is 8.42. The number of fused-ring (bicyclic) bond motifs is 1. The van der Waals surface area contributed by atoms with Gasteiger partial charge in [-0.25, -0.2) is 4.98 Å². The average molecular weight is 437 g/mol. The molecule has 4 aromatic rings. The van der Waals surface area contributed by atoms with Crippen LogP contribution in [0.2, 0.25) is 5.02 Å². The van der Waals surface area contributed by atoms with E-state index in [1.165, 1.54) is 11.3 Å². The quantitative estimate of drug-likeness (QED) is 0.458. The number of hydrogen-bond acceptors (Lipinski definition) is 5. The fourth-order valence-corrected chi connectivity index (χ4v) is 4.60. The number of aromatic nitrogens is 2. The van der Waals surface area contributed by atoms with E-state index in [4.69, 9.17) is 17.3 Å². The van der Waals surface area contributed by atoms with E-state index in [9.17, 15) is 4.79 Å². The Balaban J connectivity index is 1.44. The molecular formula is C23H21ClN4OS. The van der Waals surface area contributed by atoms with Crippen molar-refractivity contribution in [1.82, 2.24) is 15.3 Å².